The summed E-state index contributed by atoms with van der Waals surface area (Å²) in [5.41, 5.74) is 6.72. The number of benzene rings is 2. The van der Waals surface area contributed by atoms with Gasteiger partial charge in [-0.3, -0.25) is 0 Å². The van der Waals surface area contributed by atoms with Gasteiger partial charge in [-0.1, -0.05) is 42.0 Å². The highest BCUT2D eigenvalue weighted by atomic mass is 32.1. The molecule has 7 heteroatoms. The van der Waals surface area contributed by atoms with Crippen molar-refractivity contribution >= 4 is 29.0 Å². The van der Waals surface area contributed by atoms with Gasteiger partial charge in [0.05, 0.1) is 36.1 Å². The van der Waals surface area contributed by atoms with Gasteiger partial charge in [-0.25, -0.2) is 9.59 Å². The third-order valence-corrected chi connectivity index (χ3v) is 8.83. The number of anilines is 1. The Bertz CT molecular complexity index is 1500. The molecule has 0 radical (unpaired) electrons. The van der Waals surface area contributed by atoms with Crippen LogP contribution in [0.2, 0.25) is 0 Å². The first-order valence-corrected chi connectivity index (χ1v) is 14.1. The average molecular weight is 526 g/mol. The van der Waals surface area contributed by atoms with Crippen LogP contribution in [0.25, 0.3) is 5.00 Å². The molecule has 0 fully saturated rings. The van der Waals surface area contributed by atoms with Gasteiger partial charge in [0.1, 0.15) is 5.00 Å². The van der Waals surface area contributed by atoms with E-state index >= 15 is 0 Å². The first-order chi connectivity index (χ1) is 18.5. The van der Waals surface area contributed by atoms with Crippen molar-refractivity contribution in [3.63, 3.8) is 0 Å². The number of hydrogen-bond donors (Lipinski definition) is 1. The summed E-state index contributed by atoms with van der Waals surface area (Å²) in [6.07, 6.45) is 6.66. The van der Waals surface area contributed by atoms with Crippen LogP contribution in [0.1, 0.15) is 69.0 Å². The lowest BCUT2D eigenvalue weighted by atomic mass is 9.95. The zero-order valence-corrected chi connectivity index (χ0v) is 22.5. The van der Waals surface area contributed by atoms with Crippen LogP contribution < -0.4 is 5.32 Å². The first kappa shape index (κ1) is 24.5. The fourth-order valence-corrected chi connectivity index (χ4v) is 7.06. The number of esters is 1. The highest BCUT2D eigenvalue weighted by Gasteiger charge is 2.36. The molecule has 1 atom stereocenters. The molecule has 2 aromatic heterocycles. The zero-order valence-electron chi connectivity index (χ0n) is 21.7. The lowest BCUT2D eigenvalue weighted by Crippen LogP contribution is -2.38. The normalized spacial score (nSPS) is 16.2. The maximum atomic E-state index is 14.2. The van der Waals surface area contributed by atoms with Crippen LogP contribution in [-0.2, 0) is 24.1 Å². The van der Waals surface area contributed by atoms with Crippen molar-refractivity contribution in [3.8, 4) is 5.00 Å². The number of rotatable bonds is 4. The lowest BCUT2D eigenvalue weighted by molar-refractivity contribution is 0.0527. The molecular weight excluding hydrogens is 494 g/mol. The van der Waals surface area contributed by atoms with Crippen molar-refractivity contribution in [1.29, 1.82) is 0 Å². The van der Waals surface area contributed by atoms with Crippen LogP contribution >= 0.6 is 11.3 Å². The van der Waals surface area contributed by atoms with E-state index in [1.807, 2.05) is 22.3 Å². The monoisotopic (exact) mass is 525 g/mol. The fraction of sp³-hybridized carbons (Fsp3) is 0.290. The molecule has 1 aliphatic heterocycles. The van der Waals surface area contributed by atoms with Crippen LogP contribution in [0, 0.1) is 6.92 Å². The van der Waals surface area contributed by atoms with Gasteiger partial charge in [0.2, 0.25) is 0 Å². The summed E-state index contributed by atoms with van der Waals surface area (Å²) in [4.78, 5) is 30.2. The maximum Gasteiger partial charge on any atom is 0.340 e. The summed E-state index contributed by atoms with van der Waals surface area (Å²) in [5.74, 6) is -0.447. The molecule has 2 amide bonds. The molecule has 38 heavy (non-hydrogen) atoms. The van der Waals surface area contributed by atoms with Crippen LogP contribution in [0.4, 0.5) is 10.5 Å². The fourth-order valence-electron chi connectivity index (χ4n) is 5.65. The summed E-state index contributed by atoms with van der Waals surface area (Å²) in [6.45, 7) is 4.61. The maximum absolute atomic E-state index is 14.2. The molecule has 0 saturated heterocycles. The minimum Gasteiger partial charge on any atom is -0.462 e. The summed E-state index contributed by atoms with van der Waals surface area (Å²) >= 11 is 1.87. The third kappa shape index (κ3) is 4.31. The van der Waals surface area contributed by atoms with Crippen molar-refractivity contribution in [2.45, 2.75) is 52.1 Å². The number of aromatic nitrogens is 1. The Morgan fingerprint density at radius 2 is 1.79 bits per heavy atom. The minimum atomic E-state index is -0.447. The second kappa shape index (κ2) is 10.1. The summed E-state index contributed by atoms with van der Waals surface area (Å²) < 4.78 is 7.53. The second-order valence-electron chi connectivity index (χ2n) is 9.93. The van der Waals surface area contributed by atoms with Crippen LogP contribution in [0.5, 0.6) is 0 Å². The number of fused-ring (bicyclic) bond motifs is 5. The van der Waals surface area contributed by atoms with E-state index in [-0.39, 0.29) is 18.7 Å². The lowest BCUT2D eigenvalue weighted by Gasteiger charge is -2.31. The molecule has 0 saturated carbocycles. The molecule has 0 bridgehead atoms. The predicted octanol–water partition coefficient (Wildman–Crippen LogP) is 7.04. The van der Waals surface area contributed by atoms with Crippen LogP contribution in [0.3, 0.4) is 0 Å². The second-order valence-corrected chi connectivity index (χ2v) is 11.0. The number of carbonyl (C=O) groups excluding carboxylic acids is 2. The van der Waals surface area contributed by atoms with Gasteiger partial charge in [0.15, 0.2) is 0 Å². The molecule has 2 aromatic carbocycles. The Labute approximate surface area is 226 Å². The largest absolute Gasteiger partial charge is 0.462 e. The molecule has 6 nitrogen and oxygen atoms in total. The van der Waals surface area contributed by atoms with Gasteiger partial charge in [0, 0.05) is 16.6 Å². The first-order valence-electron chi connectivity index (χ1n) is 13.3. The Kier molecular flexibility index (Phi) is 6.54. The molecular formula is C31H31N3O3S. The van der Waals surface area contributed by atoms with E-state index in [0.29, 0.717) is 17.8 Å². The number of carbonyl (C=O) groups is 2. The van der Waals surface area contributed by atoms with E-state index < -0.39 is 5.97 Å². The Morgan fingerprint density at radius 3 is 2.61 bits per heavy atom. The smallest absolute Gasteiger partial charge is 0.340 e. The van der Waals surface area contributed by atoms with Gasteiger partial charge in [-0.2, -0.15) is 0 Å². The third-order valence-electron chi connectivity index (χ3n) is 7.50. The topological polar surface area (TPSA) is 63.6 Å². The van der Waals surface area contributed by atoms with E-state index in [9.17, 15) is 9.59 Å². The summed E-state index contributed by atoms with van der Waals surface area (Å²) in [5, 5.41) is 4.28. The SMILES string of the molecule is CCOC(=O)c1ccccc1NC(=O)N1Cc2c(sc3c2CCCC3)-n2cccc2[C@@H]1c1ccc(C)cc1. The number of hydrogen-bond acceptors (Lipinski definition) is 4. The van der Waals surface area contributed by atoms with Gasteiger partial charge in [0.25, 0.3) is 0 Å². The van der Waals surface area contributed by atoms with Crippen molar-refractivity contribution < 1.29 is 14.3 Å². The number of para-hydroxylation sites is 1. The van der Waals surface area contributed by atoms with Crippen molar-refractivity contribution in [1.82, 2.24) is 9.47 Å². The van der Waals surface area contributed by atoms with Crippen molar-refractivity contribution in [3.05, 3.63) is 105 Å². The standard InChI is InChI=1S/C31H31N3O3S/c1-3-37-30(35)23-10-4-6-11-25(23)32-31(36)34-19-24-22-9-5-7-13-27(22)38-29(24)33-18-8-12-26(33)28(34)21-16-14-20(2)15-17-21/h4,6,8,10-12,14-18,28H,3,5,7,9,13,19H2,1-2H3,(H,32,36)/t28-/m0/s1. The number of amides is 2. The average Bonchev–Trinajstić information content (AvgIpc) is 3.52. The Balaban J connectivity index is 1.46. The number of nitrogens with one attached hydrogen (secondary N) is 1. The summed E-state index contributed by atoms with van der Waals surface area (Å²) in [6, 6.07) is 19.1. The van der Waals surface area contributed by atoms with Crippen LogP contribution in [-0.4, -0.2) is 28.1 Å². The molecule has 1 N–H and O–H groups in total. The van der Waals surface area contributed by atoms with Crippen molar-refractivity contribution in [2.24, 2.45) is 0 Å². The van der Waals surface area contributed by atoms with Gasteiger partial charge in [-0.05, 0) is 74.9 Å². The minimum absolute atomic E-state index is 0.247. The van der Waals surface area contributed by atoms with Gasteiger partial charge in [-0.15, -0.1) is 11.3 Å². The molecule has 0 unspecified atom stereocenters. The van der Waals surface area contributed by atoms with Gasteiger partial charge >= 0.3 is 12.0 Å². The van der Waals surface area contributed by atoms with Crippen molar-refractivity contribution in [2.75, 3.05) is 11.9 Å². The zero-order chi connectivity index (χ0) is 26.2. The number of aryl methyl sites for hydroxylation is 2. The van der Waals surface area contributed by atoms with Gasteiger partial charge < -0.3 is 19.5 Å². The Morgan fingerprint density at radius 1 is 1.00 bits per heavy atom. The number of nitrogens with zero attached hydrogens (tertiary/aromatic N) is 2. The molecule has 2 aliphatic rings. The molecule has 4 aromatic rings. The van der Waals surface area contributed by atoms with E-state index in [2.05, 4.69) is 59.4 Å². The molecule has 6 rings (SSSR count). The predicted molar refractivity (Wildman–Crippen MR) is 150 cm³/mol. The highest BCUT2D eigenvalue weighted by molar-refractivity contribution is 7.15. The van der Waals surface area contributed by atoms with E-state index in [4.69, 9.17) is 4.74 Å². The highest BCUT2D eigenvalue weighted by Crippen LogP contribution is 2.44. The van der Waals surface area contributed by atoms with E-state index in [1.165, 1.54) is 39.4 Å². The Hall–Kier alpha value is -3.84. The molecule has 3 heterocycles. The van der Waals surface area contributed by atoms with E-state index in [1.54, 1.807) is 25.1 Å². The quantitative estimate of drug-likeness (QED) is 0.291. The number of thiophene rings is 1. The number of urea groups is 1. The number of ether oxygens (including phenoxy) is 1. The summed E-state index contributed by atoms with van der Waals surface area (Å²) in [7, 11) is 0. The molecule has 1 aliphatic carbocycles. The van der Waals surface area contributed by atoms with E-state index in [0.717, 1.165) is 24.1 Å². The molecule has 0 spiro atoms. The van der Waals surface area contributed by atoms with Crippen LogP contribution in [0.15, 0.2) is 66.9 Å². The molecule has 194 valence electrons.